The number of carbonyl (C=O) groups excluding carboxylic acids is 2. The Balaban J connectivity index is 2.64. The van der Waals surface area contributed by atoms with Gasteiger partial charge in [0.2, 0.25) is 11.8 Å². The van der Waals surface area contributed by atoms with Crippen LogP contribution in [0, 0.1) is 0 Å². The maximum Gasteiger partial charge on any atom is 0.244 e. The maximum atomic E-state index is 11.8. The van der Waals surface area contributed by atoms with E-state index in [-0.39, 0.29) is 17.9 Å². The quantitative estimate of drug-likeness (QED) is 0.681. The van der Waals surface area contributed by atoms with Gasteiger partial charge in [-0.15, -0.1) is 0 Å². The molecule has 1 saturated heterocycles. The first-order valence-electron chi connectivity index (χ1n) is 5.28. The predicted octanol–water partition coefficient (Wildman–Crippen LogP) is -0.586. The number of likely N-dealkylation sites (tertiary alicyclic amines) is 1. The lowest BCUT2D eigenvalue weighted by Crippen LogP contribution is -2.45. The molecular formula is C10H19N3O2. The first-order valence-corrected chi connectivity index (χ1v) is 5.28. The van der Waals surface area contributed by atoms with Crippen molar-refractivity contribution in [2.24, 2.45) is 5.73 Å². The van der Waals surface area contributed by atoms with Gasteiger partial charge in [0, 0.05) is 33.6 Å². The lowest BCUT2D eigenvalue weighted by atomic mass is 10.2. The van der Waals surface area contributed by atoms with Crippen molar-refractivity contribution in [3.63, 3.8) is 0 Å². The van der Waals surface area contributed by atoms with E-state index in [2.05, 4.69) is 0 Å². The molecule has 1 fully saturated rings. The molecule has 0 aromatic heterocycles. The van der Waals surface area contributed by atoms with E-state index in [1.807, 2.05) is 0 Å². The zero-order valence-corrected chi connectivity index (χ0v) is 9.40. The second-order valence-corrected chi connectivity index (χ2v) is 4.02. The molecular weight excluding hydrogens is 194 g/mol. The smallest absolute Gasteiger partial charge is 0.244 e. The van der Waals surface area contributed by atoms with Crippen LogP contribution in [0.25, 0.3) is 0 Å². The topological polar surface area (TPSA) is 66.6 Å². The van der Waals surface area contributed by atoms with E-state index in [9.17, 15) is 9.59 Å². The number of hydrogen-bond donors (Lipinski definition) is 1. The van der Waals surface area contributed by atoms with Crippen LogP contribution >= 0.6 is 0 Å². The summed E-state index contributed by atoms with van der Waals surface area (Å²) in [6, 6.07) is -0.265. The Morgan fingerprint density at radius 2 is 2.13 bits per heavy atom. The zero-order chi connectivity index (χ0) is 11.4. The SMILES string of the molecule is CN(C)C(=O)C1CCCN1C(=O)CCN. The minimum absolute atomic E-state index is 0.00444. The summed E-state index contributed by atoms with van der Waals surface area (Å²) in [4.78, 5) is 26.6. The molecule has 1 heterocycles. The van der Waals surface area contributed by atoms with Crippen LogP contribution in [0.2, 0.25) is 0 Å². The Morgan fingerprint density at radius 3 is 2.67 bits per heavy atom. The van der Waals surface area contributed by atoms with Crippen LogP contribution in [0.3, 0.4) is 0 Å². The molecule has 1 rings (SSSR count). The standard InChI is InChI=1S/C10H19N3O2/c1-12(2)10(15)8-4-3-7-13(8)9(14)5-6-11/h8H,3-7,11H2,1-2H3. The van der Waals surface area contributed by atoms with Crippen LogP contribution in [0.5, 0.6) is 0 Å². The minimum Gasteiger partial charge on any atom is -0.347 e. The first kappa shape index (κ1) is 12.0. The van der Waals surface area contributed by atoms with Gasteiger partial charge in [0.25, 0.3) is 0 Å². The average Bonchev–Trinajstić information content (AvgIpc) is 2.65. The molecule has 0 radical (unpaired) electrons. The van der Waals surface area contributed by atoms with Crippen LogP contribution < -0.4 is 5.73 Å². The molecule has 1 atom stereocenters. The van der Waals surface area contributed by atoms with Gasteiger partial charge < -0.3 is 15.5 Å². The summed E-state index contributed by atoms with van der Waals surface area (Å²) in [5, 5.41) is 0. The summed E-state index contributed by atoms with van der Waals surface area (Å²) >= 11 is 0. The number of carbonyl (C=O) groups is 2. The van der Waals surface area contributed by atoms with Crippen LogP contribution in [0.4, 0.5) is 0 Å². The molecule has 2 N–H and O–H groups in total. The fourth-order valence-corrected chi connectivity index (χ4v) is 1.89. The largest absolute Gasteiger partial charge is 0.347 e. The van der Waals surface area contributed by atoms with Crippen LogP contribution in [0.15, 0.2) is 0 Å². The van der Waals surface area contributed by atoms with Gasteiger partial charge in [-0.25, -0.2) is 0 Å². The van der Waals surface area contributed by atoms with Crippen molar-refractivity contribution in [2.75, 3.05) is 27.2 Å². The Bertz CT molecular complexity index is 253. The van der Waals surface area contributed by atoms with E-state index in [4.69, 9.17) is 5.73 Å². The van der Waals surface area contributed by atoms with E-state index < -0.39 is 0 Å². The fraction of sp³-hybridized carbons (Fsp3) is 0.800. The molecule has 0 saturated carbocycles. The van der Waals surface area contributed by atoms with Gasteiger partial charge in [-0.2, -0.15) is 0 Å². The second-order valence-electron chi connectivity index (χ2n) is 4.02. The molecule has 2 amide bonds. The Kier molecular flexibility index (Phi) is 4.08. The molecule has 5 nitrogen and oxygen atoms in total. The number of nitrogens with zero attached hydrogens (tertiary/aromatic N) is 2. The highest BCUT2D eigenvalue weighted by Crippen LogP contribution is 2.19. The third-order valence-electron chi connectivity index (χ3n) is 2.66. The lowest BCUT2D eigenvalue weighted by molar-refractivity contribution is -0.142. The molecule has 5 heteroatoms. The van der Waals surface area contributed by atoms with Crippen molar-refractivity contribution >= 4 is 11.8 Å². The second kappa shape index (κ2) is 5.11. The van der Waals surface area contributed by atoms with Crippen molar-refractivity contribution in [1.82, 2.24) is 9.80 Å². The van der Waals surface area contributed by atoms with Gasteiger partial charge in [0.15, 0.2) is 0 Å². The van der Waals surface area contributed by atoms with Crippen molar-refractivity contribution in [2.45, 2.75) is 25.3 Å². The molecule has 0 aromatic rings. The summed E-state index contributed by atoms with van der Waals surface area (Å²) in [6.07, 6.45) is 2.01. The number of likely N-dealkylation sites (N-methyl/N-ethyl adjacent to an activating group) is 1. The lowest BCUT2D eigenvalue weighted by Gasteiger charge is -2.26. The fourth-order valence-electron chi connectivity index (χ4n) is 1.89. The van der Waals surface area contributed by atoms with Crippen molar-refractivity contribution < 1.29 is 9.59 Å². The Labute approximate surface area is 90.2 Å². The maximum absolute atomic E-state index is 11.8. The highest BCUT2D eigenvalue weighted by atomic mass is 16.2. The van der Waals surface area contributed by atoms with Crippen LogP contribution in [-0.2, 0) is 9.59 Å². The molecule has 0 aliphatic carbocycles. The Morgan fingerprint density at radius 1 is 1.47 bits per heavy atom. The predicted molar refractivity (Wildman–Crippen MR) is 57.1 cm³/mol. The molecule has 1 aliphatic heterocycles. The van der Waals surface area contributed by atoms with Gasteiger partial charge in [-0.1, -0.05) is 0 Å². The van der Waals surface area contributed by atoms with Gasteiger partial charge in [-0.3, -0.25) is 9.59 Å². The molecule has 86 valence electrons. The zero-order valence-electron chi connectivity index (χ0n) is 9.40. The van der Waals surface area contributed by atoms with Crippen molar-refractivity contribution in [3.8, 4) is 0 Å². The van der Waals surface area contributed by atoms with Gasteiger partial charge in [0.05, 0.1) is 0 Å². The van der Waals surface area contributed by atoms with Crippen LogP contribution in [0.1, 0.15) is 19.3 Å². The molecule has 0 bridgehead atoms. The normalized spacial score (nSPS) is 20.5. The molecule has 1 unspecified atom stereocenters. The molecule has 0 aromatic carbocycles. The van der Waals surface area contributed by atoms with Gasteiger partial charge in [-0.05, 0) is 12.8 Å². The monoisotopic (exact) mass is 213 g/mol. The Hall–Kier alpha value is -1.10. The van der Waals surface area contributed by atoms with E-state index in [1.54, 1.807) is 23.9 Å². The van der Waals surface area contributed by atoms with Crippen LogP contribution in [-0.4, -0.2) is 54.8 Å². The van der Waals surface area contributed by atoms with E-state index >= 15 is 0 Å². The third kappa shape index (κ3) is 2.68. The van der Waals surface area contributed by atoms with E-state index in [0.29, 0.717) is 19.5 Å². The number of rotatable bonds is 3. The molecule has 15 heavy (non-hydrogen) atoms. The van der Waals surface area contributed by atoms with E-state index in [0.717, 1.165) is 12.8 Å². The summed E-state index contributed by atoms with van der Waals surface area (Å²) in [7, 11) is 3.43. The molecule has 1 aliphatic rings. The third-order valence-corrected chi connectivity index (χ3v) is 2.66. The first-order chi connectivity index (χ1) is 7.07. The number of amides is 2. The summed E-state index contributed by atoms with van der Waals surface area (Å²) in [5.41, 5.74) is 5.34. The minimum atomic E-state index is -0.265. The summed E-state index contributed by atoms with van der Waals surface area (Å²) in [6.45, 7) is 1.03. The summed E-state index contributed by atoms with van der Waals surface area (Å²) in [5.74, 6) is 0.00747. The van der Waals surface area contributed by atoms with Gasteiger partial charge in [0.1, 0.15) is 6.04 Å². The van der Waals surface area contributed by atoms with Crippen molar-refractivity contribution in [3.05, 3.63) is 0 Å². The summed E-state index contributed by atoms with van der Waals surface area (Å²) < 4.78 is 0. The van der Waals surface area contributed by atoms with Crippen molar-refractivity contribution in [1.29, 1.82) is 0 Å². The highest BCUT2D eigenvalue weighted by Gasteiger charge is 2.34. The number of hydrogen-bond acceptors (Lipinski definition) is 3. The van der Waals surface area contributed by atoms with E-state index in [1.165, 1.54) is 0 Å². The number of nitrogens with two attached hydrogens (primary N) is 1. The average molecular weight is 213 g/mol. The highest BCUT2D eigenvalue weighted by molar-refractivity contribution is 5.88. The molecule has 0 spiro atoms. The van der Waals surface area contributed by atoms with Gasteiger partial charge >= 0.3 is 0 Å².